The molecule has 2 atom stereocenters. The predicted molar refractivity (Wildman–Crippen MR) is 29.3 cm³/mol. The van der Waals surface area contributed by atoms with E-state index in [1.54, 1.807) is 7.11 Å². The summed E-state index contributed by atoms with van der Waals surface area (Å²) < 4.78 is 9.98. The van der Waals surface area contributed by atoms with Crippen molar-refractivity contribution in [3.8, 4) is 0 Å². The Hall–Kier alpha value is -0.120. The van der Waals surface area contributed by atoms with Crippen LogP contribution in [0, 0.1) is 0 Å². The van der Waals surface area contributed by atoms with Crippen LogP contribution in [0.25, 0.3) is 0 Å². The van der Waals surface area contributed by atoms with E-state index in [0.29, 0.717) is 0 Å². The summed E-state index contributed by atoms with van der Waals surface area (Å²) in [6.07, 6.45) is 0.854. The Labute approximate surface area is 48.8 Å². The fraction of sp³-hybridized carbons (Fsp3) is 1.00. The van der Waals surface area contributed by atoms with Crippen molar-refractivity contribution in [1.82, 2.24) is 0 Å². The lowest BCUT2D eigenvalue weighted by Crippen LogP contribution is -2.31. The monoisotopic (exact) mass is 117 g/mol. The normalized spacial score (nSPS) is 38.2. The van der Waals surface area contributed by atoms with Crippen LogP contribution in [-0.2, 0) is 9.47 Å². The average Bonchev–Trinajstić information content (AvgIpc) is 2.14. The molecule has 1 saturated heterocycles. The first-order chi connectivity index (χ1) is 3.84. The van der Waals surface area contributed by atoms with E-state index in [1.165, 1.54) is 0 Å². The number of nitrogens with two attached hydrogens (primary N) is 1. The van der Waals surface area contributed by atoms with E-state index in [2.05, 4.69) is 0 Å². The predicted octanol–water partition coefficient (Wildman–Crippen LogP) is -0.294. The lowest BCUT2D eigenvalue weighted by atomic mass is 10.3. The second-order valence-electron chi connectivity index (χ2n) is 1.90. The third-order valence-electron chi connectivity index (χ3n) is 1.38. The molecule has 48 valence electrons. The molecule has 1 aliphatic rings. The lowest BCUT2D eigenvalue weighted by molar-refractivity contribution is 0.0201. The van der Waals surface area contributed by atoms with Crippen molar-refractivity contribution in [3.05, 3.63) is 0 Å². The minimum Gasteiger partial charge on any atom is -0.377 e. The Morgan fingerprint density at radius 2 is 2.50 bits per heavy atom. The third kappa shape index (κ3) is 0.992. The van der Waals surface area contributed by atoms with Gasteiger partial charge in [-0.1, -0.05) is 0 Å². The van der Waals surface area contributed by atoms with Gasteiger partial charge in [0.15, 0.2) is 0 Å². The maximum Gasteiger partial charge on any atom is 0.132 e. The van der Waals surface area contributed by atoms with Gasteiger partial charge in [-0.25, -0.2) is 0 Å². The molecule has 3 heteroatoms. The van der Waals surface area contributed by atoms with E-state index >= 15 is 0 Å². The van der Waals surface area contributed by atoms with E-state index in [-0.39, 0.29) is 12.3 Å². The first-order valence-electron chi connectivity index (χ1n) is 2.74. The molecule has 0 spiro atoms. The molecule has 0 radical (unpaired) electrons. The molecule has 1 rings (SSSR count). The van der Waals surface area contributed by atoms with Gasteiger partial charge in [0.2, 0.25) is 0 Å². The smallest absolute Gasteiger partial charge is 0.132 e. The zero-order valence-corrected chi connectivity index (χ0v) is 4.96. The van der Waals surface area contributed by atoms with Gasteiger partial charge in [-0.05, 0) is 0 Å². The van der Waals surface area contributed by atoms with Crippen molar-refractivity contribution in [2.45, 2.75) is 18.8 Å². The number of methoxy groups -OCH3 is 1. The SMILES string of the molecule is COC1CCOC1N. The summed E-state index contributed by atoms with van der Waals surface area (Å²) >= 11 is 0. The molecule has 0 aromatic rings. The van der Waals surface area contributed by atoms with Crippen LogP contribution in [0.1, 0.15) is 6.42 Å². The first-order valence-corrected chi connectivity index (χ1v) is 2.74. The van der Waals surface area contributed by atoms with Gasteiger partial charge in [0.1, 0.15) is 6.23 Å². The summed E-state index contributed by atoms with van der Waals surface area (Å²) in [5, 5.41) is 0. The van der Waals surface area contributed by atoms with Crippen LogP contribution in [0.3, 0.4) is 0 Å². The molecular formula is C5H11NO2. The summed E-state index contributed by atoms with van der Waals surface area (Å²) in [5.74, 6) is 0. The zero-order chi connectivity index (χ0) is 5.98. The molecule has 0 aliphatic carbocycles. The van der Waals surface area contributed by atoms with Crippen LogP contribution in [0.2, 0.25) is 0 Å². The second-order valence-corrected chi connectivity index (χ2v) is 1.90. The van der Waals surface area contributed by atoms with E-state index in [9.17, 15) is 0 Å². The van der Waals surface area contributed by atoms with E-state index in [4.69, 9.17) is 15.2 Å². The van der Waals surface area contributed by atoms with Crippen LogP contribution >= 0.6 is 0 Å². The molecule has 0 saturated carbocycles. The van der Waals surface area contributed by atoms with E-state index in [1.807, 2.05) is 0 Å². The van der Waals surface area contributed by atoms with Gasteiger partial charge in [0.25, 0.3) is 0 Å². The minimum atomic E-state index is -0.194. The Bertz CT molecular complexity index is 76.8. The summed E-state index contributed by atoms with van der Waals surface area (Å²) in [6.45, 7) is 0.736. The average molecular weight is 117 g/mol. The zero-order valence-electron chi connectivity index (χ0n) is 4.96. The summed E-state index contributed by atoms with van der Waals surface area (Å²) in [4.78, 5) is 0. The van der Waals surface area contributed by atoms with Crippen LogP contribution in [-0.4, -0.2) is 26.0 Å². The molecule has 2 unspecified atom stereocenters. The number of hydrogen-bond donors (Lipinski definition) is 1. The quantitative estimate of drug-likeness (QED) is 0.513. The molecule has 8 heavy (non-hydrogen) atoms. The highest BCUT2D eigenvalue weighted by Crippen LogP contribution is 2.10. The summed E-state index contributed by atoms with van der Waals surface area (Å²) in [5.41, 5.74) is 5.44. The molecule has 1 heterocycles. The number of rotatable bonds is 1. The standard InChI is InChI=1S/C5H11NO2/c1-7-4-2-3-8-5(4)6/h4-5H,2-3,6H2,1H3. The highest BCUT2D eigenvalue weighted by Gasteiger charge is 2.23. The van der Waals surface area contributed by atoms with Crippen LogP contribution in [0.15, 0.2) is 0 Å². The van der Waals surface area contributed by atoms with Crippen molar-refractivity contribution < 1.29 is 9.47 Å². The molecule has 3 nitrogen and oxygen atoms in total. The molecule has 1 aliphatic heterocycles. The fourth-order valence-electron chi connectivity index (χ4n) is 0.844. The molecule has 0 amide bonds. The van der Waals surface area contributed by atoms with Crippen molar-refractivity contribution in [2.75, 3.05) is 13.7 Å². The number of ether oxygens (including phenoxy) is 2. The molecule has 0 bridgehead atoms. The topological polar surface area (TPSA) is 44.5 Å². The minimum absolute atomic E-state index is 0.120. The van der Waals surface area contributed by atoms with Crippen molar-refractivity contribution in [1.29, 1.82) is 0 Å². The van der Waals surface area contributed by atoms with Gasteiger partial charge in [-0.2, -0.15) is 0 Å². The molecule has 1 fully saturated rings. The van der Waals surface area contributed by atoms with Gasteiger partial charge in [-0.15, -0.1) is 0 Å². The van der Waals surface area contributed by atoms with Crippen LogP contribution in [0.5, 0.6) is 0 Å². The van der Waals surface area contributed by atoms with Crippen molar-refractivity contribution >= 4 is 0 Å². The molecule has 0 aromatic carbocycles. The highest BCUT2D eigenvalue weighted by molar-refractivity contribution is 4.70. The van der Waals surface area contributed by atoms with Crippen molar-refractivity contribution in [2.24, 2.45) is 5.73 Å². The second kappa shape index (κ2) is 2.44. The Balaban J connectivity index is 2.30. The van der Waals surface area contributed by atoms with Crippen molar-refractivity contribution in [3.63, 3.8) is 0 Å². The van der Waals surface area contributed by atoms with Crippen LogP contribution in [0.4, 0.5) is 0 Å². The van der Waals surface area contributed by atoms with Crippen LogP contribution < -0.4 is 5.73 Å². The summed E-state index contributed by atoms with van der Waals surface area (Å²) in [6, 6.07) is 0. The third-order valence-corrected chi connectivity index (χ3v) is 1.38. The maximum atomic E-state index is 5.44. The maximum absolute atomic E-state index is 5.44. The van der Waals surface area contributed by atoms with Gasteiger partial charge >= 0.3 is 0 Å². The van der Waals surface area contributed by atoms with E-state index < -0.39 is 0 Å². The Morgan fingerprint density at radius 1 is 1.75 bits per heavy atom. The van der Waals surface area contributed by atoms with Gasteiger partial charge in [0.05, 0.1) is 12.7 Å². The Morgan fingerprint density at radius 3 is 2.75 bits per heavy atom. The lowest BCUT2D eigenvalue weighted by Gasteiger charge is -2.10. The van der Waals surface area contributed by atoms with E-state index in [0.717, 1.165) is 13.0 Å². The summed E-state index contributed by atoms with van der Waals surface area (Å²) in [7, 11) is 1.65. The number of hydrogen-bond acceptors (Lipinski definition) is 3. The molecule has 2 N–H and O–H groups in total. The van der Waals surface area contributed by atoms with Gasteiger partial charge in [-0.3, -0.25) is 0 Å². The molecule has 0 aromatic heterocycles. The first kappa shape index (κ1) is 6.01. The van der Waals surface area contributed by atoms with Gasteiger partial charge in [0, 0.05) is 13.5 Å². The molecular weight excluding hydrogens is 106 g/mol. The van der Waals surface area contributed by atoms with Gasteiger partial charge < -0.3 is 15.2 Å². The Kier molecular flexibility index (Phi) is 1.83. The largest absolute Gasteiger partial charge is 0.377 e. The highest BCUT2D eigenvalue weighted by atomic mass is 16.6. The fourth-order valence-corrected chi connectivity index (χ4v) is 0.844.